The fourth-order valence-corrected chi connectivity index (χ4v) is 4.30. The van der Waals surface area contributed by atoms with Crippen LogP contribution in [-0.2, 0) is 9.59 Å². The van der Waals surface area contributed by atoms with Gasteiger partial charge in [-0.25, -0.2) is 0 Å². The molecule has 0 bridgehead atoms. The molecular formula is C32H32N2O4. The summed E-state index contributed by atoms with van der Waals surface area (Å²) in [7, 11) is 3.24. The van der Waals surface area contributed by atoms with Gasteiger partial charge in [0, 0.05) is 12.8 Å². The Morgan fingerprint density at radius 2 is 0.842 bits per heavy atom. The molecule has 0 heterocycles. The number of methoxy groups -OCH3 is 2. The van der Waals surface area contributed by atoms with Crippen LogP contribution in [0.25, 0.3) is 0 Å². The van der Waals surface area contributed by atoms with E-state index in [4.69, 9.17) is 9.47 Å². The van der Waals surface area contributed by atoms with E-state index in [0.29, 0.717) is 0 Å². The van der Waals surface area contributed by atoms with Gasteiger partial charge in [0.2, 0.25) is 11.8 Å². The van der Waals surface area contributed by atoms with E-state index in [-0.39, 0.29) is 36.7 Å². The van der Waals surface area contributed by atoms with Crippen molar-refractivity contribution in [3.8, 4) is 11.5 Å². The Morgan fingerprint density at radius 3 is 1.16 bits per heavy atom. The molecule has 2 amide bonds. The van der Waals surface area contributed by atoms with Crippen LogP contribution in [0.15, 0.2) is 109 Å². The van der Waals surface area contributed by atoms with Crippen LogP contribution < -0.4 is 20.1 Å². The number of ether oxygens (including phenoxy) is 2. The number of hydrogen-bond acceptors (Lipinski definition) is 4. The molecule has 6 heteroatoms. The summed E-state index contributed by atoms with van der Waals surface area (Å²) < 4.78 is 10.5. The Balaban J connectivity index is 1.43. The third-order valence-electron chi connectivity index (χ3n) is 6.35. The number of carbonyl (C=O) groups is 2. The Labute approximate surface area is 223 Å². The van der Waals surface area contributed by atoms with Gasteiger partial charge in [0.25, 0.3) is 0 Å². The molecule has 0 aliphatic rings. The molecule has 0 saturated carbocycles. The van der Waals surface area contributed by atoms with E-state index in [1.54, 1.807) is 14.2 Å². The molecule has 6 nitrogen and oxygen atoms in total. The lowest BCUT2D eigenvalue weighted by atomic mass is 9.98. The van der Waals surface area contributed by atoms with Gasteiger partial charge in [0.1, 0.15) is 11.5 Å². The molecule has 0 saturated heterocycles. The molecule has 0 unspecified atom stereocenters. The molecule has 0 aliphatic heterocycles. The van der Waals surface area contributed by atoms with Gasteiger partial charge in [-0.2, -0.15) is 0 Å². The average Bonchev–Trinajstić information content (AvgIpc) is 2.98. The summed E-state index contributed by atoms with van der Waals surface area (Å²) in [6.45, 7) is 0. The van der Waals surface area contributed by atoms with Crippen molar-refractivity contribution in [1.29, 1.82) is 0 Å². The Kier molecular flexibility index (Phi) is 9.13. The summed E-state index contributed by atoms with van der Waals surface area (Å²) in [5.41, 5.74) is 3.77. The monoisotopic (exact) mass is 508 g/mol. The van der Waals surface area contributed by atoms with Gasteiger partial charge in [-0.3, -0.25) is 9.59 Å². The van der Waals surface area contributed by atoms with E-state index in [1.165, 1.54) is 0 Å². The van der Waals surface area contributed by atoms with Crippen LogP contribution in [0.1, 0.15) is 47.2 Å². The average molecular weight is 509 g/mol. The summed E-state index contributed by atoms with van der Waals surface area (Å²) in [4.78, 5) is 26.0. The molecule has 38 heavy (non-hydrogen) atoms. The molecule has 4 aromatic rings. The fraction of sp³-hybridized carbons (Fsp3) is 0.188. The third kappa shape index (κ3) is 7.01. The number of benzene rings is 4. The zero-order valence-corrected chi connectivity index (χ0v) is 21.6. The van der Waals surface area contributed by atoms with Gasteiger partial charge in [0.15, 0.2) is 0 Å². The highest BCUT2D eigenvalue weighted by Gasteiger charge is 2.20. The standard InChI is InChI=1S/C32H32N2O4/c1-37-27-17-13-25(14-18-27)31(23-9-5-3-6-10-23)33-29(35)21-22-30(36)34-32(24-11-7-4-8-12-24)26-15-19-28(38-2)20-16-26/h3-20,31-32H,21-22H2,1-2H3,(H,33,35)(H,34,36)/t31-,32+. The van der Waals surface area contributed by atoms with Crippen LogP contribution in [0.3, 0.4) is 0 Å². The van der Waals surface area contributed by atoms with E-state index in [9.17, 15) is 9.59 Å². The smallest absolute Gasteiger partial charge is 0.221 e. The van der Waals surface area contributed by atoms with E-state index in [1.807, 2.05) is 109 Å². The maximum Gasteiger partial charge on any atom is 0.221 e. The first-order valence-corrected chi connectivity index (χ1v) is 12.5. The first-order valence-electron chi connectivity index (χ1n) is 12.5. The zero-order valence-electron chi connectivity index (χ0n) is 21.6. The van der Waals surface area contributed by atoms with E-state index in [0.717, 1.165) is 33.8 Å². The zero-order chi connectivity index (χ0) is 26.7. The van der Waals surface area contributed by atoms with Crippen molar-refractivity contribution in [2.75, 3.05) is 14.2 Å². The van der Waals surface area contributed by atoms with Gasteiger partial charge in [-0.15, -0.1) is 0 Å². The molecular weight excluding hydrogens is 476 g/mol. The topological polar surface area (TPSA) is 76.7 Å². The van der Waals surface area contributed by atoms with Crippen molar-refractivity contribution < 1.29 is 19.1 Å². The lowest BCUT2D eigenvalue weighted by Crippen LogP contribution is -2.32. The maximum atomic E-state index is 13.0. The number of nitrogens with one attached hydrogen (secondary N) is 2. The van der Waals surface area contributed by atoms with Crippen molar-refractivity contribution in [3.05, 3.63) is 131 Å². The summed E-state index contributed by atoms with van der Waals surface area (Å²) in [5, 5.41) is 6.20. The van der Waals surface area contributed by atoms with Crippen LogP contribution in [-0.4, -0.2) is 26.0 Å². The first-order chi connectivity index (χ1) is 18.6. The molecule has 194 valence electrons. The predicted molar refractivity (Wildman–Crippen MR) is 148 cm³/mol. The third-order valence-corrected chi connectivity index (χ3v) is 6.35. The second-order valence-corrected chi connectivity index (χ2v) is 8.87. The molecule has 0 fully saturated rings. The van der Waals surface area contributed by atoms with Crippen LogP contribution in [0.2, 0.25) is 0 Å². The minimum atomic E-state index is -0.339. The minimum Gasteiger partial charge on any atom is -0.497 e. The van der Waals surface area contributed by atoms with Crippen molar-refractivity contribution in [2.24, 2.45) is 0 Å². The highest BCUT2D eigenvalue weighted by Crippen LogP contribution is 2.26. The lowest BCUT2D eigenvalue weighted by Gasteiger charge is -2.21. The van der Waals surface area contributed by atoms with E-state index >= 15 is 0 Å². The minimum absolute atomic E-state index is 0.0649. The van der Waals surface area contributed by atoms with Crippen molar-refractivity contribution in [1.82, 2.24) is 10.6 Å². The van der Waals surface area contributed by atoms with Crippen LogP contribution in [0.5, 0.6) is 11.5 Å². The SMILES string of the molecule is COc1ccc([C@H](NC(=O)CCC(=O)N[C@@H](c2ccccc2)c2ccc(OC)cc2)c2ccccc2)cc1. The second-order valence-electron chi connectivity index (χ2n) is 8.87. The predicted octanol–water partition coefficient (Wildman–Crippen LogP) is 5.60. The maximum absolute atomic E-state index is 13.0. The van der Waals surface area contributed by atoms with E-state index in [2.05, 4.69) is 10.6 Å². The molecule has 0 spiro atoms. The molecule has 4 aromatic carbocycles. The highest BCUT2D eigenvalue weighted by molar-refractivity contribution is 5.84. The van der Waals surface area contributed by atoms with Crippen molar-refractivity contribution >= 4 is 11.8 Å². The molecule has 2 N–H and O–H groups in total. The summed E-state index contributed by atoms with van der Waals surface area (Å²) in [6, 6.07) is 34.1. The van der Waals surface area contributed by atoms with Crippen LogP contribution in [0, 0.1) is 0 Å². The lowest BCUT2D eigenvalue weighted by molar-refractivity contribution is -0.127. The number of hydrogen-bond donors (Lipinski definition) is 2. The first kappa shape index (κ1) is 26.5. The summed E-state index contributed by atoms with van der Waals surface area (Å²) in [6.07, 6.45) is 0.130. The quantitative estimate of drug-likeness (QED) is 0.277. The van der Waals surface area contributed by atoms with Crippen LogP contribution in [0.4, 0.5) is 0 Å². The number of carbonyl (C=O) groups excluding carboxylic acids is 2. The molecule has 4 rings (SSSR count). The van der Waals surface area contributed by atoms with Gasteiger partial charge in [-0.05, 0) is 46.5 Å². The summed E-state index contributed by atoms with van der Waals surface area (Å²) in [5.74, 6) is 1.08. The Morgan fingerprint density at radius 1 is 0.526 bits per heavy atom. The number of rotatable bonds is 11. The molecule has 0 aliphatic carbocycles. The van der Waals surface area contributed by atoms with Crippen LogP contribution >= 0.6 is 0 Å². The van der Waals surface area contributed by atoms with E-state index < -0.39 is 0 Å². The fourth-order valence-electron chi connectivity index (χ4n) is 4.30. The van der Waals surface area contributed by atoms with Gasteiger partial charge in [0.05, 0.1) is 26.3 Å². The Bertz CT molecular complexity index is 1200. The Hall–Kier alpha value is -4.58. The molecule has 2 atom stereocenters. The van der Waals surface area contributed by atoms with Crippen molar-refractivity contribution in [3.63, 3.8) is 0 Å². The largest absolute Gasteiger partial charge is 0.497 e. The van der Waals surface area contributed by atoms with Gasteiger partial charge in [-0.1, -0.05) is 84.9 Å². The van der Waals surface area contributed by atoms with Crippen molar-refractivity contribution in [2.45, 2.75) is 24.9 Å². The normalized spacial score (nSPS) is 12.2. The van der Waals surface area contributed by atoms with Gasteiger partial charge >= 0.3 is 0 Å². The highest BCUT2D eigenvalue weighted by atomic mass is 16.5. The molecule has 0 radical (unpaired) electrons. The second kappa shape index (κ2) is 13.1. The summed E-state index contributed by atoms with van der Waals surface area (Å²) >= 11 is 0. The molecule has 0 aromatic heterocycles. The van der Waals surface area contributed by atoms with Gasteiger partial charge < -0.3 is 20.1 Å². The number of amides is 2.